The Labute approximate surface area is 126 Å². The first-order valence-corrected chi connectivity index (χ1v) is 6.91. The molecule has 21 heavy (non-hydrogen) atoms. The highest BCUT2D eigenvalue weighted by atomic mass is 16.5. The Bertz CT molecular complexity index is 488. The Hall–Kier alpha value is -2.24. The first kappa shape index (κ1) is 16.8. The Morgan fingerprint density at radius 3 is 2.43 bits per heavy atom. The van der Waals surface area contributed by atoms with Crippen molar-refractivity contribution in [3.05, 3.63) is 24.3 Å². The molecule has 0 saturated heterocycles. The van der Waals surface area contributed by atoms with Gasteiger partial charge in [-0.15, -0.1) is 0 Å². The van der Waals surface area contributed by atoms with Crippen LogP contribution in [0.4, 0.5) is 0 Å². The minimum Gasteiger partial charge on any atom is -0.497 e. The van der Waals surface area contributed by atoms with E-state index in [2.05, 4.69) is 17.0 Å². The molecule has 0 bridgehead atoms. The third-order valence-electron chi connectivity index (χ3n) is 3.12. The fraction of sp³-hybridized carbons (Fsp3) is 0.500. The predicted molar refractivity (Wildman–Crippen MR) is 79.9 cm³/mol. The van der Waals surface area contributed by atoms with E-state index in [1.807, 2.05) is 31.3 Å². The summed E-state index contributed by atoms with van der Waals surface area (Å²) in [4.78, 5) is 2.05. The summed E-state index contributed by atoms with van der Waals surface area (Å²) in [5, 5.41) is 17.6. The van der Waals surface area contributed by atoms with Crippen molar-refractivity contribution in [1.82, 2.24) is 4.90 Å². The van der Waals surface area contributed by atoms with Crippen molar-refractivity contribution in [2.75, 3.05) is 33.9 Å². The first-order chi connectivity index (χ1) is 10.2. The standard InChI is InChI=1S/C16H21N3O2/c1-19(13-14(12-18)4-3-9-17)10-11-21-16-7-5-15(20-2)6-8-16/h5-8,14H,3-4,10-11,13H2,1-2H3/t14-/m0/s1. The lowest BCUT2D eigenvalue weighted by Crippen LogP contribution is -2.29. The second kappa shape index (κ2) is 9.63. The molecule has 112 valence electrons. The van der Waals surface area contributed by atoms with Gasteiger partial charge in [0.2, 0.25) is 0 Å². The number of ether oxygens (including phenoxy) is 2. The summed E-state index contributed by atoms with van der Waals surface area (Å²) in [7, 11) is 3.58. The Balaban J connectivity index is 2.27. The second-order valence-corrected chi connectivity index (χ2v) is 4.81. The maximum Gasteiger partial charge on any atom is 0.119 e. The molecule has 0 amide bonds. The van der Waals surface area contributed by atoms with E-state index < -0.39 is 0 Å². The van der Waals surface area contributed by atoms with Crippen LogP contribution in [0.15, 0.2) is 24.3 Å². The predicted octanol–water partition coefficient (Wildman–Crippen LogP) is 2.45. The van der Waals surface area contributed by atoms with Gasteiger partial charge in [-0.3, -0.25) is 0 Å². The molecular weight excluding hydrogens is 266 g/mol. The van der Waals surface area contributed by atoms with Crippen molar-refractivity contribution in [2.45, 2.75) is 12.8 Å². The molecule has 0 aliphatic heterocycles. The van der Waals surface area contributed by atoms with Crippen LogP contribution in [0, 0.1) is 28.6 Å². The van der Waals surface area contributed by atoms with Crippen LogP contribution in [-0.4, -0.2) is 38.8 Å². The van der Waals surface area contributed by atoms with E-state index in [1.54, 1.807) is 7.11 Å². The van der Waals surface area contributed by atoms with Crippen molar-refractivity contribution in [2.24, 2.45) is 5.92 Å². The van der Waals surface area contributed by atoms with E-state index in [0.29, 0.717) is 26.0 Å². The minimum absolute atomic E-state index is 0.101. The smallest absolute Gasteiger partial charge is 0.119 e. The zero-order valence-electron chi connectivity index (χ0n) is 12.6. The Morgan fingerprint density at radius 2 is 1.86 bits per heavy atom. The van der Waals surface area contributed by atoms with Gasteiger partial charge in [0.15, 0.2) is 0 Å². The highest BCUT2D eigenvalue weighted by Gasteiger charge is 2.10. The number of nitrogens with zero attached hydrogens (tertiary/aromatic N) is 3. The van der Waals surface area contributed by atoms with E-state index in [1.165, 1.54) is 0 Å². The molecular formula is C16H21N3O2. The van der Waals surface area contributed by atoms with Gasteiger partial charge < -0.3 is 14.4 Å². The molecule has 1 rings (SSSR count). The molecule has 1 aromatic rings. The van der Waals surface area contributed by atoms with Gasteiger partial charge in [-0.25, -0.2) is 0 Å². The second-order valence-electron chi connectivity index (χ2n) is 4.81. The number of methoxy groups -OCH3 is 1. The van der Waals surface area contributed by atoms with Gasteiger partial charge in [-0.1, -0.05) is 0 Å². The van der Waals surface area contributed by atoms with Gasteiger partial charge in [0.1, 0.15) is 18.1 Å². The molecule has 0 spiro atoms. The normalized spacial score (nSPS) is 11.5. The lowest BCUT2D eigenvalue weighted by atomic mass is 10.1. The van der Waals surface area contributed by atoms with Crippen molar-refractivity contribution in [3.63, 3.8) is 0 Å². The number of likely N-dealkylation sites (N-methyl/N-ethyl adjacent to an activating group) is 1. The fourth-order valence-electron chi connectivity index (χ4n) is 1.89. The molecule has 1 atom stereocenters. The maximum absolute atomic E-state index is 9.03. The van der Waals surface area contributed by atoms with Gasteiger partial charge in [-0.2, -0.15) is 10.5 Å². The van der Waals surface area contributed by atoms with Crippen LogP contribution in [0.25, 0.3) is 0 Å². The average molecular weight is 287 g/mol. The number of hydrogen-bond donors (Lipinski definition) is 0. The van der Waals surface area contributed by atoms with E-state index in [-0.39, 0.29) is 5.92 Å². The quantitative estimate of drug-likeness (QED) is 0.697. The highest BCUT2D eigenvalue weighted by Crippen LogP contribution is 2.16. The van der Waals surface area contributed by atoms with Crippen LogP contribution >= 0.6 is 0 Å². The zero-order chi connectivity index (χ0) is 15.5. The van der Waals surface area contributed by atoms with Crippen molar-refractivity contribution < 1.29 is 9.47 Å². The molecule has 0 saturated carbocycles. The largest absolute Gasteiger partial charge is 0.497 e. The SMILES string of the molecule is COc1ccc(OCCN(C)C[C@H](C#N)CCC#N)cc1. The number of benzene rings is 1. The van der Waals surface area contributed by atoms with Gasteiger partial charge in [-0.05, 0) is 37.7 Å². The van der Waals surface area contributed by atoms with Crippen molar-refractivity contribution in [1.29, 1.82) is 10.5 Å². The van der Waals surface area contributed by atoms with E-state index in [9.17, 15) is 0 Å². The highest BCUT2D eigenvalue weighted by molar-refractivity contribution is 5.31. The molecule has 0 unspecified atom stereocenters. The van der Waals surface area contributed by atoms with Crippen LogP contribution in [0.3, 0.4) is 0 Å². The van der Waals surface area contributed by atoms with E-state index in [0.717, 1.165) is 18.0 Å². The first-order valence-electron chi connectivity index (χ1n) is 6.91. The number of rotatable bonds is 9. The summed E-state index contributed by atoms with van der Waals surface area (Å²) in [5.41, 5.74) is 0. The molecule has 0 fully saturated rings. The van der Waals surface area contributed by atoms with Crippen LogP contribution in [-0.2, 0) is 0 Å². The molecule has 1 aromatic carbocycles. The van der Waals surface area contributed by atoms with Crippen LogP contribution in [0.1, 0.15) is 12.8 Å². The monoisotopic (exact) mass is 287 g/mol. The summed E-state index contributed by atoms with van der Waals surface area (Å²) in [6, 6.07) is 11.8. The summed E-state index contributed by atoms with van der Waals surface area (Å²) >= 11 is 0. The van der Waals surface area contributed by atoms with Gasteiger partial charge in [0.25, 0.3) is 0 Å². The molecule has 5 nitrogen and oxygen atoms in total. The molecule has 5 heteroatoms. The van der Waals surface area contributed by atoms with Crippen LogP contribution in [0.5, 0.6) is 11.5 Å². The van der Waals surface area contributed by atoms with Gasteiger partial charge in [0.05, 0.1) is 25.2 Å². The van der Waals surface area contributed by atoms with Crippen LogP contribution < -0.4 is 9.47 Å². The third kappa shape index (κ3) is 6.65. The topological polar surface area (TPSA) is 69.3 Å². The van der Waals surface area contributed by atoms with Crippen molar-refractivity contribution in [3.8, 4) is 23.6 Å². The Morgan fingerprint density at radius 1 is 1.19 bits per heavy atom. The van der Waals surface area contributed by atoms with E-state index in [4.69, 9.17) is 20.0 Å². The number of nitriles is 2. The van der Waals surface area contributed by atoms with Gasteiger partial charge >= 0.3 is 0 Å². The van der Waals surface area contributed by atoms with Crippen molar-refractivity contribution >= 4 is 0 Å². The molecule has 0 radical (unpaired) electrons. The van der Waals surface area contributed by atoms with Crippen LogP contribution in [0.2, 0.25) is 0 Å². The van der Waals surface area contributed by atoms with E-state index >= 15 is 0 Å². The average Bonchev–Trinajstić information content (AvgIpc) is 2.52. The minimum atomic E-state index is -0.101. The lowest BCUT2D eigenvalue weighted by molar-refractivity contribution is 0.223. The summed E-state index contributed by atoms with van der Waals surface area (Å²) < 4.78 is 10.7. The lowest BCUT2D eigenvalue weighted by Gasteiger charge is -2.19. The summed E-state index contributed by atoms with van der Waals surface area (Å²) in [6.45, 7) is 1.94. The summed E-state index contributed by atoms with van der Waals surface area (Å²) in [5.74, 6) is 1.50. The molecule has 0 aliphatic carbocycles. The summed E-state index contributed by atoms with van der Waals surface area (Å²) in [6.07, 6.45) is 1.05. The molecule has 0 heterocycles. The number of hydrogen-bond acceptors (Lipinski definition) is 5. The Kier molecular flexibility index (Phi) is 7.71. The molecule has 0 aromatic heterocycles. The molecule has 0 aliphatic rings. The third-order valence-corrected chi connectivity index (χ3v) is 3.12. The molecule has 0 N–H and O–H groups in total. The van der Waals surface area contributed by atoms with Gasteiger partial charge in [0, 0.05) is 19.5 Å². The maximum atomic E-state index is 9.03. The zero-order valence-corrected chi connectivity index (χ0v) is 12.6. The fourth-order valence-corrected chi connectivity index (χ4v) is 1.89.